The van der Waals surface area contributed by atoms with Gasteiger partial charge in [-0.05, 0) is 52.2 Å². The van der Waals surface area contributed by atoms with Crippen LogP contribution in [0.3, 0.4) is 0 Å². The second-order valence-corrected chi connectivity index (χ2v) is 5.47. The Morgan fingerprint density at radius 2 is 2.11 bits per heavy atom. The van der Waals surface area contributed by atoms with Crippen LogP contribution in [0.5, 0.6) is 0 Å². The zero-order chi connectivity index (χ0) is 14.3. The van der Waals surface area contributed by atoms with Crippen molar-refractivity contribution in [3.05, 3.63) is 0 Å². The Bertz CT molecular complexity index is 247. The van der Waals surface area contributed by atoms with E-state index in [1.807, 2.05) is 0 Å². The van der Waals surface area contributed by atoms with Crippen LogP contribution in [0.4, 0.5) is 13.2 Å². The van der Waals surface area contributed by atoms with Crippen LogP contribution in [-0.4, -0.2) is 56.5 Å². The molecule has 1 heterocycles. The minimum Gasteiger partial charge on any atom is -0.372 e. The fourth-order valence-corrected chi connectivity index (χ4v) is 2.29. The van der Waals surface area contributed by atoms with Crippen LogP contribution in [-0.2, 0) is 4.74 Å². The molecule has 0 bridgehead atoms. The summed E-state index contributed by atoms with van der Waals surface area (Å²) in [5.74, 6) is 0.665. The average molecular weight is 282 g/mol. The van der Waals surface area contributed by atoms with Crippen molar-refractivity contribution in [2.24, 2.45) is 5.92 Å². The van der Waals surface area contributed by atoms with Crippen LogP contribution in [0.15, 0.2) is 0 Å². The second kappa shape index (κ2) is 8.07. The summed E-state index contributed by atoms with van der Waals surface area (Å²) < 4.78 is 39.9. The zero-order valence-corrected chi connectivity index (χ0v) is 11.8. The van der Waals surface area contributed by atoms with E-state index in [0.29, 0.717) is 18.4 Å². The minimum atomic E-state index is -4.21. The molecule has 0 aromatic rings. The fourth-order valence-electron chi connectivity index (χ4n) is 2.29. The third kappa shape index (κ3) is 7.74. The smallest absolute Gasteiger partial charge is 0.372 e. The average Bonchev–Trinajstić information content (AvgIpc) is 2.75. The molecule has 1 fully saturated rings. The lowest BCUT2D eigenvalue weighted by Crippen LogP contribution is -2.31. The number of ether oxygens (including phenoxy) is 1. The SMILES string of the molecule is CC(C)N1CCC(CNCCCOCC(F)(F)F)C1. The van der Waals surface area contributed by atoms with Crippen molar-refractivity contribution in [3.8, 4) is 0 Å². The second-order valence-electron chi connectivity index (χ2n) is 5.47. The molecule has 6 heteroatoms. The van der Waals surface area contributed by atoms with E-state index in [1.54, 1.807) is 0 Å². The predicted molar refractivity (Wildman–Crippen MR) is 69.2 cm³/mol. The first-order valence-electron chi connectivity index (χ1n) is 6.98. The summed E-state index contributed by atoms with van der Waals surface area (Å²) in [4.78, 5) is 2.46. The molecule has 0 aromatic heterocycles. The molecule has 1 saturated heterocycles. The van der Waals surface area contributed by atoms with Gasteiger partial charge in [-0.25, -0.2) is 0 Å². The van der Waals surface area contributed by atoms with E-state index in [2.05, 4.69) is 28.8 Å². The van der Waals surface area contributed by atoms with Crippen LogP contribution in [0.2, 0.25) is 0 Å². The third-order valence-electron chi connectivity index (χ3n) is 3.39. The largest absolute Gasteiger partial charge is 0.411 e. The first kappa shape index (κ1) is 16.7. The molecule has 1 atom stereocenters. The molecule has 0 spiro atoms. The Kier molecular flexibility index (Phi) is 7.10. The third-order valence-corrected chi connectivity index (χ3v) is 3.39. The van der Waals surface area contributed by atoms with Gasteiger partial charge in [0.2, 0.25) is 0 Å². The molecule has 0 saturated carbocycles. The summed E-state index contributed by atoms with van der Waals surface area (Å²) in [6.45, 7) is 7.36. The van der Waals surface area contributed by atoms with E-state index in [9.17, 15) is 13.2 Å². The van der Waals surface area contributed by atoms with Crippen molar-refractivity contribution in [3.63, 3.8) is 0 Å². The number of hydrogen-bond donors (Lipinski definition) is 1. The number of hydrogen-bond acceptors (Lipinski definition) is 3. The topological polar surface area (TPSA) is 24.5 Å². The van der Waals surface area contributed by atoms with E-state index >= 15 is 0 Å². The summed E-state index contributed by atoms with van der Waals surface area (Å²) >= 11 is 0. The van der Waals surface area contributed by atoms with Crippen LogP contribution in [0, 0.1) is 5.92 Å². The maximum Gasteiger partial charge on any atom is 0.411 e. The number of alkyl halides is 3. The van der Waals surface area contributed by atoms with Gasteiger partial charge >= 0.3 is 6.18 Å². The highest BCUT2D eigenvalue weighted by atomic mass is 19.4. The highest BCUT2D eigenvalue weighted by Gasteiger charge is 2.27. The zero-order valence-electron chi connectivity index (χ0n) is 11.8. The van der Waals surface area contributed by atoms with Crippen LogP contribution >= 0.6 is 0 Å². The van der Waals surface area contributed by atoms with Crippen LogP contribution in [0.25, 0.3) is 0 Å². The van der Waals surface area contributed by atoms with E-state index in [1.165, 1.54) is 6.42 Å². The van der Waals surface area contributed by atoms with Gasteiger partial charge in [0.05, 0.1) is 0 Å². The van der Waals surface area contributed by atoms with E-state index in [4.69, 9.17) is 0 Å². The summed E-state index contributed by atoms with van der Waals surface area (Å²) in [5, 5.41) is 3.30. The number of nitrogens with zero attached hydrogens (tertiary/aromatic N) is 1. The number of nitrogens with one attached hydrogen (secondary N) is 1. The van der Waals surface area contributed by atoms with Gasteiger partial charge in [0.15, 0.2) is 0 Å². The van der Waals surface area contributed by atoms with E-state index in [-0.39, 0.29) is 6.61 Å². The lowest BCUT2D eigenvalue weighted by atomic mass is 10.1. The van der Waals surface area contributed by atoms with Gasteiger partial charge < -0.3 is 15.0 Å². The maximum absolute atomic E-state index is 11.8. The quantitative estimate of drug-likeness (QED) is 0.691. The normalized spacial score (nSPS) is 21.5. The number of likely N-dealkylation sites (tertiary alicyclic amines) is 1. The molecular weight excluding hydrogens is 257 g/mol. The molecule has 1 aliphatic heterocycles. The first-order valence-corrected chi connectivity index (χ1v) is 6.98. The monoisotopic (exact) mass is 282 g/mol. The standard InChI is InChI=1S/C13H25F3N2O/c1-11(2)18-6-4-12(9-18)8-17-5-3-7-19-10-13(14,15)16/h11-12,17H,3-10H2,1-2H3. The summed E-state index contributed by atoms with van der Waals surface area (Å²) in [6.07, 6.45) is -2.38. The molecule has 1 aliphatic rings. The van der Waals surface area contributed by atoms with Gasteiger partial charge in [0, 0.05) is 19.2 Å². The van der Waals surface area contributed by atoms with Gasteiger partial charge in [0.1, 0.15) is 6.61 Å². The predicted octanol–water partition coefficient (Wildman–Crippen LogP) is 2.28. The molecule has 3 nitrogen and oxygen atoms in total. The van der Waals surface area contributed by atoms with E-state index in [0.717, 1.165) is 26.2 Å². The maximum atomic E-state index is 11.8. The summed E-state index contributed by atoms with van der Waals surface area (Å²) in [6, 6.07) is 0.598. The summed E-state index contributed by atoms with van der Waals surface area (Å²) in [5.41, 5.74) is 0. The van der Waals surface area contributed by atoms with Crippen LogP contribution < -0.4 is 5.32 Å². The fraction of sp³-hybridized carbons (Fsp3) is 1.00. The Labute approximate surface area is 113 Å². The van der Waals surface area contributed by atoms with Crippen LogP contribution in [0.1, 0.15) is 26.7 Å². The molecule has 19 heavy (non-hydrogen) atoms. The van der Waals surface area contributed by atoms with Crippen molar-refractivity contribution in [2.45, 2.75) is 38.9 Å². The van der Waals surface area contributed by atoms with Gasteiger partial charge in [-0.2, -0.15) is 13.2 Å². The number of halogens is 3. The highest BCUT2D eigenvalue weighted by molar-refractivity contribution is 4.78. The Morgan fingerprint density at radius 1 is 1.37 bits per heavy atom. The van der Waals surface area contributed by atoms with Gasteiger partial charge in [-0.1, -0.05) is 0 Å². The van der Waals surface area contributed by atoms with Crippen molar-refractivity contribution < 1.29 is 17.9 Å². The first-order chi connectivity index (χ1) is 8.88. The molecule has 0 radical (unpaired) electrons. The lowest BCUT2D eigenvalue weighted by Gasteiger charge is -2.20. The molecule has 0 amide bonds. The van der Waals surface area contributed by atoms with Crippen molar-refractivity contribution in [1.29, 1.82) is 0 Å². The lowest BCUT2D eigenvalue weighted by molar-refractivity contribution is -0.173. The van der Waals surface area contributed by atoms with Crippen molar-refractivity contribution in [2.75, 3.05) is 39.4 Å². The molecule has 0 aromatic carbocycles. The molecule has 114 valence electrons. The van der Waals surface area contributed by atoms with E-state index < -0.39 is 12.8 Å². The van der Waals surface area contributed by atoms with Gasteiger partial charge in [-0.15, -0.1) is 0 Å². The Balaban J connectivity index is 1.92. The van der Waals surface area contributed by atoms with Crippen molar-refractivity contribution in [1.82, 2.24) is 10.2 Å². The summed E-state index contributed by atoms with van der Waals surface area (Å²) in [7, 11) is 0. The Morgan fingerprint density at radius 3 is 2.68 bits per heavy atom. The minimum absolute atomic E-state index is 0.162. The molecule has 1 unspecified atom stereocenters. The molecule has 0 aliphatic carbocycles. The van der Waals surface area contributed by atoms with Gasteiger partial charge in [0.25, 0.3) is 0 Å². The Hall–Kier alpha value is -0.330. The van der Waals surface area contributed by atoms with Crippen molar-refractivity contribution >= 4 is 0 Å². The molecule has 1 N–H and O–H groups in total. The molecular formula is C13H25F3N2O. The van der Waals surface area contributed by atoms with Gasteiger partial charge in [-0.3, -0.25) is 0 Å². The molecule has 1 rings (SSSR count). The number of rotatable bonds is 8. The highest BCUT2D eigenvalue weighted by Crippen LogP contribution is 2.17.